The summed E-state index contributed by atoms with van der Waals surface area (Å²) in [4.78, 5) is 14.3. The molecule has 0 spiro atoms. The summed E-state index contributed by atoms with van der Waals surface area (Å²) in [5, 5.41) is 0. The molecule has 0 amide bonds. The first kappa shape index (κ1) is 14.5. The largest absolute Gasteiger partial charge is 0.462 e. The maximum absolute atomic E-state index is 12.0. The summed E-state index contributed by atoms with van der Waals surface area (Å²) in [6.07, 6.45) is 6.22. The number of carbonyl (C=O) groups excluding carboxylic acids is 1. The third-order valence-corrected chi connectivity index (χ3v) is 3.56. The fourth-order valence-corrected chi connectivity index (χ4v) is 2.44. The molecule has 0 unspecified atom stereocenters. The van der Waals surface area contributed by atoms with Crippen molar-refractivity contribution < 1.29 is 9.53 Å². The molecule has 0 aromatic heterocycles. The van der Waals surface area contributed by atoms with Crippen molar-refractivity contribution in [2.75, 3.05) is 20.1 Å². The van der Waals surface area contributed by atoms with Gasteiger partial charge in [0.15, 0.2) is 0 Å². The first-order chi connectivity index (χ1) is 8.17. The van der Waals surface area contributed by atoms with Gasteiger partial charge in [-0.3, -0.25) is 4.79 Å². The summed E-state index contributed by atoms with van der Waals surface area (Å²) in [7, 11) is 2.12. The molecule has 0 aromatic rings. The second-order valence-corrected chi connectivity index (χ2v) is 5.21. The molecule has 0 aliphatic carbocycles. The van der Waals surface area contributed by atoms with Crippen LogP contribution in [0.15, 0.2) is 0 Å². The number of hydrogen-bond acceptors (Lipinski definition) is 3. The number of nitrogens with zero attached hydrogens (tertiary/aromatic N) is 1. The normalized spacial score (nSPS) is 18.6. The second kappa shape index (κ2) is 7.70. The van der Waals surface area contributed by atoms with Gasteiger partial charge in [0, 0.05) is 13.1 Å². The van der Waals surface area contributed by atoms with E-state index in [2.05, 4.69) is 25.8 Å². The molecule has 17 heavy (non-hydrogen) atoms. The fraction of sp³-hybridized carbons (Fsp3) is 0.929. The molecule has 0 saturated carbocycles. The highest BCUT2D eigenvalue weighted by molar-refractivity contribution is 5.72. The molecular formula is C14H27NO2. The average Bonchev–Trinajstić information content (AvgIpc) is 2.32. The summed E-state index contributed by atoms with van der Waals surface area (Å²) >= 11 is 0. The summed E-state index contributed by atoms with van der Waals surface area (Å²) in [5.41, 5.74) is 0. The minimum Gasteiger partial charge on any atom is -0.462 e. The number of ether oxygens (including phenoxy) is 1. The predicted molar refractivity (Wildman–Crippen MR) is 69.9 cm³/mol. The van der Waals surface area contributed by atoms with Gasteiger partial charge in [-0.25, -0.2) is 0 Å². The molecule has 0 N–H and O–H groups in total. The van der Waals surface area contributed by atoms with E-state index in [0.29, 0.717) is 0 Å². The van der Waals surface area contributed by atoms with Crippen LogP contribution >= 0.6 is 0 Å². The van der Waals surface area contributed by atoms with Gasteiger partial charge in [-0.1, -0.05) is 26.7 Å². The van der Waals surface area contributed by atoms with Crippen LogP contribution in [0.1, 0.15) is 52.4 Å². The highest BCUT2D eigenvalue weighted by Crippen LogP contribution is 2.19. The van der Waals surface area contributed by atoms with Gasteiger partial charge in [0.1, 0.15) is 6.10 Å². The summed E-state index contributed by atoms with van der Waals surface area (Å²) in [6, 6.07) is 0. The fourth-order valence-electron chi connectivity index (χ4n) is 2.44. The average molecular weight is 241 g/mol. The molecule has 100 valence electrons. The van der Waals surface area contributed by atoms with Crippen molar-refractivity contribution in [1.82, 2.24) is 4.90 Å². The molecule has 3 heteroatoms. The number of hydrogen-bond donors (Lipinski definition) is 0. The monoisotopic (exact) mass is 241 g/mol. The summed E-state index contributed by atoms with van der Waals surface area (Å²) in [5.74, 6) is 0.174. The number of rotatable bonds is 6. The van der Waals surface area contributed by atoms with E-state index in [1.165, 1.54) is 0 Å². The molecule has 0 bridgehead atoms. The molecule has 1 aliphatic rings. The van der Waals surface area contributed by atoms with Crippen LogP contribution in [0.25, 0.3) is 0 Å². The smallest absolute Gasteiger partial charge is 0.309 e. The molecule has 1 rings (SSSR count). The Kier molecular flexibility index (Phi) is 6.56. The van der Waals surface area contributed by atoms with Crippen molar-refractivity contribution in [3.63, 3.8) is 0 Å². The van der Waals surface area contributed by atoms with Crippen LogP contribution in [0, 0.1) is 5.92 Å². The molecule has 1 fully saturated rings. The molecule has 0 aromatic carbocycles. The van der Waals surface area contributed by atoms with Crippen molar-refractivity contribution in [2.24, 2.45) is 5.92 Å². The van der Waals surface area contributed by atoms with Gasteiger partial charge in [0.05, 0.1) is 5.92 Å². The Morgan fingerprint density at radius 3 is 2.24 bits per heavy atom. The maximum Gasteiger partial charge on any atom is 0.309 e. The minimum absolute atomic E-state index is 0.0447. The van der Waals surface area contributed by atoms with E-state index in [9.17, 15) is 4.79 Å². The van der Waals surface area contributed by atoms with Gasteiger partial charge in [-0.15, -0.1) is 0 Å². The highest BCUT2D eigenvalue weighted by Gasteiger charge is 2.24. The SMILES string of the molecule is CCCC(CCC)C(=O)OC1CCN(C)CC1. The van der Waals surface area contributed by atoms with E-state index in [1.807, 2.05) is 0 Å². The van der Waals surface area contributed by atoms with Crippen LogP contribution in [-0.2, 0) is 9.53 Å². The van der Waals surface area contributed by atoms with Crippen LogP contribution in [0.5, 0.6) is 0 Å². The Balaban J connectivity index is 2.35. The Morgan fingerprint density at radius 2 is 1.76 bits per heavy atom. The van der Waals surface area contributed by atoms with Crippen LogP contribution in [0.4, 0.5) is 0 Å². The number of piperidine rings is 1. The zero-order valence-corrected chi connectivity index (χ0v) is 11.6. The number of esters is 1. The minimum atomic E-state index is 0.0447. The lowest BCUT2D eigenvalue weighted by atomic mass is 9.98. The van der Waals surface area contributed by atoms with Crippen molar-refractivity contribution in [1.29, 1.82) is 0 Å². The Labute approximate surface area is 106 Å². The van der Waals surface area contributed by atoms with E-state index in [1.54, 1.807) is 0 Å². The van der Waals surface area contributed by atoms with Gasteiger partial charge in [0.25, 0.3) is 0 Å². The third kappa shape index (κ3) is 5.07. The van der Waals surface area contributed by atoms with Gasteiger partial charge < -0.3 is 9.64 Å². The van der Waals surface area contributed by atoms with E-state index < -0.39 is 0 Å². The van der Waals surface area contributed by atoms with Crippen LogP contribution in [0.2, 0.25) is 0 Å². The van der Waals surface area contributed by atoms with Crippen LogP contribution in [-0.4, -0.2) is 37.1 Å². The highest BCUT2D eigenvalue weighted by atomic mass is 16.5. The summed E-state index contributed by atoms with van der Waals surface area (Å²) in [6.45, 7) is 6.35. The van der Waals surface area contributed by atoms with Gasteiger partial charge in [0.2, 0.25) is 0 Å². The first-order valence-electron chi connectivity index (χ1n) is 7.06. The zero-order valence-electron chi connectivity index (χ0n) is 11.6. The van der Waals surface area contributed by atoms with Crippen molar-refractivity contribution >= 4 is 5.97 Å². The number of likely N-dealkylation sites (tertiary alicyclic amines) is 1. The van der Waals surface area contributed by atoms with Crippen molar-refractivity contribution in [2.45, 2.75) is 58.5 Å². The van der Waals surface area contributed by atoms with E-state index >= 15 is 0 Å². The maximum atomic E-state index is 12.0. The Hall–Kier alpha value is -0.570. The quantitative estimate of drug-likeness (QED) is 0.670. The molecular weight excluding hydrogens is 214 g/mol. The molecule has 3 nitrogen and oxygen atoms in total. The first-order valence-corrected chi connectivity index (χ1v) is 7.06. The second-order valence-electron chi connectivity index (χ2n) is 5.21. The van der Waals surface area contributed by atoms with Crippen LogP contribution in [0.3, 0.4) is 0 Å². The molecule has 1 saturated heterocycles. The molecule has 0 atom stereocenters. The van der Waals surface area contributed by atoms with E-state index in [-0.39, 0.29) is 18.0 Å². The lowest BCUT2D eigenvalue weighted by molar-refractivity contribution is -0.156. The lowest BCUT2D eigenvalue weighted by Gasteiger charge is -2.29. The molecule has 0 radical (unpaired) electrons. The predicted octanol–water partition coefficient (Wildman–Crippen LogP) is 2.84. The molecule has 1 heterocycles. The number of carbonyl (C=O) groups is 1. The van der Waals surface area contributed by atoms with Gasteiger partial charge in [-0.05, 0) is 32.7 Å². The van der Waals surface area contributed by atoms with Gasteiger partial charge >= 0.3 is 5.97 Å². The van der Waals surface area contributed by atoms with Crippen molar-refractivity contribution in [3.05, 3.63) is 0 Å². The lowest BCUT2D eigenvalue weighted by Crippen LogP contribution is -2.36. The molecule has 1 aliphatic heterocycles. The van der Waals surface area contributed by atoms with E-state index in [0.717, 1.165) is 51.6 Å². The van der Waals surface area contributed by atoms with Crippen LogP contribution < -0.4 is 0 Å². The topological polar surface area (TPSA) is 29.5 Å². The Bertz CT molecular complexity index is 216. The standard InChI is InChI=1S/C14H27NO2/c1-4-6-12(7-5-2)14(16)17-13-8-10-15(3)11-9-13/h12-13H,4-11H2,1-3H3. The zero-order chi connectivity index (χ0) is 12.7. The Morgan fingerprint density at radius 1 is 1.24 bits per heavy atom. The third-order valence-electron chi connectivity index (χ3n) is 3.56. The van der Waals surface area contributed by atoms with Gasteiger partial charge in [-0.2, -0.15) is 0 Å². The summed E-state index contributed by atoms with van der Waals surface area (Å²) < 4.78 is 5.64. The van der Waals surface area contributed by atoms with Crippen molar-refractivity contribution in [3.8, 4) is 0 Å². The van der Waals surface area contributed by atoms with E-state index in [4.69, 9.17) is 4.74 Å².